The summed E-state index contributed by atoms with van der Waals surface area (Å²) >= 11 is 0. The van der Waals surface area contributed by atoms with Crippen molar-refractivity contribution >= 4 is 27.6 Å². The van der Waals surface area contributed by atoms with Gasteiger partial charge in [0.15, 0.2) is 0 Å². The van der Waals surface area contributed by atoms with Crippen molar-refractivity contribution in [3.05, 3.63) is 158 Å². The van der Waals surface area contributed by atoms with Gasteiger partial charge in [0, 0.05) is 35.4 Å². The summed E-state index contributed by atoms with van der Waals surface area (Å²) in [5.41, 5.74) is 9.19. The van der Waals surface area contributed by atoms with Gasteiger partial charge in [0.1, 0.15) is 5.65 Å². The molecule has 3 aromatic heterocycles. The molecular weight excluding hydrogens is 781 g/mol. The third kappa shape index (κ3) is 6.69. The average Bonchev–Trinajstić information content (AvgIpc) is 3.86. The summed E-state index contributed by atoms with van der Waals surface area (Å²) < 4.78 is 4.41. The van der Waals surface area contributed by atoms with Crippen molar-refractivity contribution in [1.82, 2.24) is 24.0 Å². The molecule has 0 atom stereocenters. The van der Waals surface area contributed by atoms with E-state index in [2.05, 4.69) is 125 Å². The summed E-state index contributed by atoms with van der Waals surface area (Å²) in [6, 6.07) is 40.0. The SMILES string of the molecule is CC(C)c1cccc(C(C)C)c1-n1ccnc1-c1[c-]cccc1.CN1C=CN(c2[c-]cc3c(c2)c2cccnc2n3-c2ccccc2)[CH-]1.[Ir+3]. The number of aromatic nitrogens is 4. The summed E-state index contributed by atoms with van der Waals surface area (Å²) in [5.74, 6) is 1.86. The molecule has 0 aliphatic carbocycles. The van der Waals surface area contributed by atoms with Gasteiger partial charge in [0.2, 0.25) is 0 Å². The van der Waals surface area contributed by atoms with E-state index in [-0.39, 0.29) is 20.1 Å². The number of pyridine rings is 1. The summed E-state index contributed by atoms with van der Waals surface area (Å²) in [7, 11) is 2.01. The normalized spacial score (nSPS) is 12.6. The molecule has 0 N–H and O–H groups in total. The van der Waals surface area contributed by atoms with Crippen molar-refractivity contribution in [2.75, 3.05) is 11.9 Å². The van der Waals surface area contributed by atoms with Gasteiger partial charge >= 0.3 is 20.1 Å². The van der Waals surface area contributed by atoms with Crippen LogP contribution in [0.15, 0.2) is 128 Å². The van der Waals surface area contributed by atoms with Gasteiger partial charge in [0.05, 0.1) is 5.82 Å². The number of benzene rings is 4. The van der Waals surface area contributed by atoms with E-state index in [4.69, 9.17) is 0 Å². The molecule has 6 nitrogen and oxygen atoms in total. The smallest absolute Gasteiger partial charge is 0.510 e. The Hall–Kier alpha value is -4.97. The second-order valence-corrected chi connectivity index (χ2v) is 12.6. The molecule has 7 aromatic rings. The largest absolute Gasteiger partial charge is 3.00 e. The standard InChI is InChI=1S/C21H16N4.C21H23N2.Ir/c1-23-12-13-24(15-23)17-9-10-20-19(14-17)18-8-5-11-22-21(18)25(20)16-6-3-2-4-7-16;1-15(2)18-11-8-12-19(16(3)4)20(18)23-14-13-22-21(23)17-9-6-5-7-10-17;/h2-8,10-15H,1H3;5-9,11-16H,1-4H3;/q-2;-1;+3. The molecule has 4 aromatic carbocycles. The second-order valence-electron chi connectivity index (χ2n) is 12.6. The zero-order chi connectivity index (χ0) is 33.2. The average molecular weight is 820 g/mol. The number of imidazole rings is 1. The molecule has 1 aliphatic heterocycles. The predicted octanol–water partition coefficient (Wildman–Crippen LogP) is 9.90. The summed E-state index contributed by atoms with van der Waals surface area (Å²) in [5, 5.41) is 2.32. The first-order valence-electron chi connectivity index (χ1n) is 16.4. The molecule has 0 saturated heterocycles. The third-order valence-electron chi connectivity index (χ3n) is 8.68. The molecule has 0 unspecified atom stereocenters. The molecule has 246 valence electrons. The van der Waals surface area contributed by atoms with Gasteiger partial charge in [-0.3, -0.25) is 4.98 Å². The van der Waals surface area contributed by atoms with Gasteiger partial charge in [-0.05, 0) is 60.6 Å². The van der Waals surface area contributed by atoms with Crippen LogP contribution in [-0.2, 0) is 20.1 Å². The Bertz CT molecular complexity index is 2170. The fraction of sp³-hybridized carbons (Fsp3) is 0.167. The zero-order valence-corrected chi connectivity index (χ0v) is 30.8. The Morgan fingerprint density at radius 1 is 0.735 bits per heavy atom. The van der Waals surface area contributed by atoms with E-state index in [1.807, 2.05) is 85.9 Å². The van der Waals surface area contributed by atoms with Crippen LogP contribution in [0.3, 0.4) is 0 Å². The van der Waals surface area contributed by atoms with Crippen LogP contribution in [0.2, 0.25) is 0 Å². The maximum atomic E-state index is 4.64. The van der Waals surface area contributed by atoms with E-state index in [0.717, 1.165) is 39.3 Å². The molecule has 0 bridgehead atoms. The Morgan fingerprint density at radius 3 is 2.16 bits per heavy atom. The van der Waals surface area contributed by atoms with Crippen LogP contribution >= 0.6 is 0 Å². The van der Waals surface area contributed by atoms with Crippen molar-refractivity contribution in [3.8, 4) is 22.8 Å². The van der Waals surface area contributed by atoms with E-state index in [9.17, 15) is 0 Å². The van der Waals surface area contributed by atoms with Crippen molar-refractivity contribution in [2.45, 2.75) is 39.5 Å². The molecule has 49 heavy (non-hydrogen) atoms. The van der Waals surface area contributed by atoms with Gasteiger partial charge in [-0.25, -0.2) is 4.98 Å². The molecule has 0 amide bonds. The minimum absolute atomic E-state index is 0. The van der Waals surface area contributed by atoms with Crippen LogP contribution in [0.25, 0.3) is 44.7 Å². The van der Waals surface area contributed by atoms with Crippen LogP contribution in [-0.4, -0.2) is 31.0 Å². The number of hydrogen-bond acceptors (Lipinski definition) is 4. The van der Waals surface area contributed by atoms with Gasteiger partial charge in [0.25, 0.3) is 0 Å². The van der Waals surface area contributed by atoms with Crippen LogP contribution < -0.4 is 4.90 Å². The van der Waals surface area contributed by atoms with Gasteiger partial charge in [-0.15, -0.1) is 47.6 Å². The number of para-hydroxylation sites is 2. The Kier molecular flexibility index (Phi) is 10.1. The van der Waals surface area contributed by atoms with Crippen LogP contribution in [0, 0.1) is 18.8 Å². The molecule has 0 saturated carbocycles. The minimum Gasteiger partial charge on any atom is -0.510 e. The Morgan fingerprint density at radius 2 is 1.49 bits per heavy atom. The van der Waals surface area contributed by atoms with E-state index >= 15 is 0 Å². The molecular formula is C42H39IrN6. The van der Waals surface area contributed by atoms with Gasteiger partial charge < -0.3 is 18.9 Å². The molecule has 7 heteroatoms. The maximum Gasteiger partial charge on any atom is 3.00 e. The fourth-order valence-corrected chi connectivity index (χ4v) is 6.36. The van der Waals surface area contributed by atoms with Crippen molar-refractivity contribution < 1.29 is 20.1 Å². The molecule has 1 aliphatic rings. The van der Waals surface area contributed by atoms with Gasteiger partial charge in [-0.2, -0.15) is 18.8 Å². The quantitative estimate of drug-likeness (QED) is 0.157. The number of anilines is 1. The predicted molar refractivity (Wildman–Crippen MR) is 197 cm³/mol. The maximum absolute atomic E-state index is 4.64. The molecule has 0 fully saturated rings. The minimum atomic E-state index is 0. The monoisotopic (exact) mass is 820 g/mol. The van der Waals surface area contributed by atoms with E-state index < -0.39 is 0 Å². The number of nitrogens with zero attached hydrogens (tertiary/aromatic N) is 6. The van der Waals surface area contributed by atoms with E-state index in [1.165, 1.54) is 22.2 Å². The van der Waals surface area contributed by atoms with Gasteiger partial charge in [-0.1, -0.05) is 81.1 Å². The summed E-state index contributed by atoms with van der Waals surface area (Å²) in [6.45, 7) is 11.0. The Labute approximate surface area is 302 Å². The second kappa shape index (κ2) is 14.7. The van der Waals surface area contributed by atoms with Crippen LogP contribution in [0.1, 0.15) is 50.7 Å². The van der Waals surface area contributed by atoms with E-state index in [1.54, 1.807) is 0 Å². The van der Waals surface area contributed by atoms with E-state index in [0.29, 0.717) is 11.8 Å². The molecule has 8 rings (SSSR count). The number of fused-ring (bicyclic) bond motifs is 3. The Balaban J connectivity index is 0.000000167. The first kappa shape index (κ1) is 33.9. The number of rotatable bonds is 6. The van der Waals surface area contributed by atoms with Crippen LogP contribution in [0.4, 0.5) is 5.69 Å². The molecule has 4 heterocycles. The van der Waals surface area contributed by atoms with Crippen molar-refractivity contribution in [3.63, 3.8) is 0 Å². The summed E-state index contributed by atoms with van der Waals surface area (Å²) in [6.07, 6.45) is 9.83. The molecule has 0 spiro atoms. The van der Waals surface area contributed by atoms with Crippen molar-refractivity contribution in [1.29, 1.82) is 0 Å². The topological polar surface area (TPSA) is 42.1 Å². The fourth-order valence-electron chi connectivity index (χ4n) is 6.36. The molecule has 0 radical (unpaired) electrons. The van der Waals surface area contributed by atoms with Crippen LogP contribution in [0.5, 0.6) is 0 Å². The number of hydrogen-bond donors (Lipinski definition) is 0. The first-order chi connectivity index (χ1) is 23.4. The zero-order valence-electron chi connectivity index (χ0n) is 28.4. The summed E-state index contributed by atoms with van der Waals surface area (Å²) in [4.78, 5) is 13.3. The third-order valence-corrected chi connectivity index (χ3v) is 8.68. The first-order valence-corrected chi connectivity index (χ1v) is 16.4. The van der Waals surface area contributed by atoms with Crippen molar-refractivity contribution in [2.24, 2.45) is 0 Å².